The molecule has 0 unspecified atom stereocenters. The standard InChI is InChI=1S/C19H17N3S2/c1-13-3-6-15(7-4-13)17-12-24-19(21-17)23-11-16-10-22-9-14(2)5-8-18(22)20-16/h3-10,12H,11H2,1-2H3. The number of pyridine rings is 1. The number of imidazole rings is 1. The Morgan fingerprint density at radius 3 is 2.58 bits per heavy atom. The summed E-state index contributed by atoms with van der Waals surface area (Å²) in [4.78, 5) is 9.40. The minimum atomic E-state index is 0.835. The largest absolute Gasteiger partial charge is 0.307 e. The van der Waals surface area contributed by atoms with Crippen LogP contribution in [-0.2, 0) is 5.75 Å². The van der Waals surface area contributed by atoms with Crippen molar-refractivity contribution < 1.29 is 0 Å². The Morgan fingerprint density at radius 2 is 1.75 bits per heavy atom. The molecule has 0 amide bonds. The molecule has 3 aromatic heterocycles. The highest BCUT2D eigenvalue weighted by atomic mass is 32.2. The average Bonchev–Trinajstić information content (AvgIpc) is 3.19. The first kappa shape index (κ1) is 15.4. The van der Waals surface area contributed by atoms with Crippen LogP contribution >= 0.6 is 23.1 Å². The second-order valence-electron chi connectivity index (χ2n) is 5.86. The molecule has 3 heterocycles. The van der Waals surface area contributed by atoms with Crippen LogP contribution in [0.2, 0.25) is 0 Å². The number of aromatic nitrogens is 3. The molecule has 0 N–H and O–H groups in total. The number of thiazole rings is 1. The van der Waals surface area contributed by atoms with Gasteiger partial charge in [0, 0.05) is 29.1 Å². The number of benzene rings is 1. The molecule has 0 spiro atoms. The SMILES string of the molecule is Cc1ccc(-c2csc(SCc3cn4cc(C)ccc4n3)n2)cc1. The Hall–Kier alpha value is -2.11. The molecule has 5 heteroatoms. The minimum absolute atomic E-state index is 0.835. The Morgan fingerprint density at radius 1 is 0.958 bits per heavy atom. The van der Waals surface area contributed by atoms with E-state index in [0.717, 1.165) is 27.1 Å². The van der Waals surface area contributed by atoms with Crippen LogP contribution in [0.15, 0.2) is 58.5 Å². The molecule has 0 saturated heterocycles. The van der Waals surface area contributed by atoms with Gasteiger partial charge >= 0.3 is 0 Å². The molecule has 120 valence electrons. The van der Waals surface area contributed by atoms with E-state index < -0.39 is 0 Å². The highest BCUT2D eigenvalue weighted by Crippen LogP contribution is 2.30. The van der Waals surface area contributed by atoms with Crippen molar-refractivity contribution in [3.05, 3.63) is 71.0 Å². The molecule has 3 nitrogen and oxygen atoms in total. The lowest BCUT2D eigenvalue weighted by atomic mass is 10.1. The van der Waals surface area contributed by atoms with E-state index in [1.165, 1.54) is 16.7 Å². The second-order valence-corrected chi connectivity index (χ2v) is 7.94. The van der Waals surface area contributed by atoms with Gasteiger partial charge in [0.2, 0.25) is 0 Å². The third-order valence-corrected chi connectivity index (χ3v) is 5.88. The normalized spacial score (nSPS) is 11.2. The monoisotopic (exact) mass is 351 g/mol. The number of hydrogen-bond donors (Lipinski definition) is 0. The number of thioether (sulfide) groups is 1. The van der Waals surface area contributed by atoms with E-state index in [4.69, 9.17) is 4.98 Å². The smallest absolute Gasteiger partial charge is 0.150 e. The van der Waals surface area contributed by atoms with E-state index in [0.29, 0.717) is 0 Å². The van der Waals surface area contributed by atoms with E-state index in [1.807, 2.05) is 0 Å². The Kier molecular flexibility index (Phi) is 4.12. The van der Waals surface area contributed by atoms with E-state index >= 15 is 0 Å². The highest BCUT2D eigenvalue weighted by molar-refractivity contribution is 8.00. The zero-order chi connectivity index (χ0) is 16.5. The number of rotatable bonds is 4. The van der Waals surface area contributed by atoms with Crippen LogP contribution < -0.4 is 0 Å². The molecule has 4 aromatic rings. The zero-order valence-electron chi connectivity index (χ0n) is 13.6. The number of aryl methyl sites for hydroxylation is 2. The summed E-state index contributed by atoms with van der Waals surface area (Å²) in [6, 6.07) is 12.7. The van der Waals surface area contributed by atoms with Gasteiger partial charge in [-0.1, -0.05) is 47.7 Å². The van der Waals surface area contributed by atoms with Gasteiger partial charge in [0.15, 0.2) is 4.34 Å². The molecule has 0 atom stereocenters. The number of fused-ring (bicyclic) bond motifs is 1. The summed E-state index contributed by atoms with van der Waals surface area (Å²) < 4.78 is 3.17. The molecule has 1 aromatic carbocycles. The van der Waals surface area contributed by atoms with Crippen LogP contribution in [0.1, 0.15) is 16.8 Å². The number of nitrogens with zero attached hydrogens (tertiary/aromatic N) is 3. The Bertz CT molecular complexity index is 983. The van der Waals surface area contributed by atoms with Crippen molar-refractivity contribution in [3.8, 4) is 11.3 Å². The third kappa shape index (κ3) is 3.23. The van der Waals surface area contributed by atoms with Gasteiger partial charge in [0.25, 0.3) is 0 Å². The summed E-state index contributed by atoms with van der Waals surface area (Å²) in [5.74, 6) is 0.835. The zero-order valence-corrected chi connectivity index (χ0v) is 15.2. The highest BCUT2D eigenvalue weighted by Gasteiger charge is 2.07. The fourth-order valence-electron chi connectivity index (χ4n) is 2.54. The van der Waals surface area contributed by atoms with Crippen molar-refractivity contribution in [1.29, 1.82) is 0 Å². The summed E-state index contributed by atoms with van der Waals surface area (Å²) in [7, 11) is 0. The number of hydrogen-bond acceptors (Lipinski definition) is 4. The van der Waals surface area contributed by atoms with Gasteiger partial charge in [-0.25, -0.2) is 9.97 Å². The first-order valence-electron chi connectivity index (χ1n) is 7.77. The van der Waals surface area contributed by atoms with E-state index in [9.17, 15) is 0 Å². The predicted octanol–water partition coefficient (Wildman–Crippen LogP) is 5.37. The van der Waals surface area contributed by atoms with E-state index in [-0.39, 0.29) is 0 Å². The first-order chi connectivity index (χ1) is 11.7. The maximum atomic E-state index is 4.74. The van der Waals surface area contributed by atoms with Gasteiger partial charge < -0.3 is 4.40 Å². The van der Waals surface area contributed by atoms with Crippen molar-refractivity contribution in [2.45, 2.75) is 23.9 Å². The maximum Gasteiger partial charge on any atom is 0.150 e. The van der Waals surface area contributed by atoms with Gasteiger partial charge in [-0.3, -0.25) is 0 Å². The van der Waals surface area contributed by atoms with Gasteiger partial charge in [-0.05, 0) is 25.5 Å². The van der Waals surface area contributed by atoms with Crippen LogP contribution in [0.4, 0.5) is 0 Å². The van der Waals surface area contributed by atoms with Gasteiger partial charge in [-0.2, -0.15) is 0 Å². The van der Waals surface area contributed by atoms with Crippen molar-refractivity contribution >= 4 is 28.7 Å². The maximum absolute atomic E-state index is 4.74. The molecule has 0 radical (unpaired) electrons. The predicted molar refractivity (Wildman–Crippen MR) is 102 cm³/mol. The fraction of sp³-hybridized carbons (Fsp3) is 0.158. The van der Waals surface area contributed by atoms with Crippen molar-refractivity contribution in [2.24, 2.45) is 0 Å². The van der Waals surface area contributed by atoms with Gasteiger partial charge in [0.05, 0.1) is 11.4 Å². The molecule has 0 aliphatic rings. The average molecular weight is 352 g/mol. The van der Waals surface area contributed by atoms with Crippen LogP contribution in [0.3, 0.4) is 0 Å². The summed E-state index contributed by atoms with van der Waals surface area (Å²) >= 11 is 3.44. The van der Waals surface area contributed by atoms with Crippen molar-refractivity contribution in [2.75, 3.05) is 0 Å². The second kappa shape index (κ2) is 6.42. The molecule has 0 saturated carbocycles. The van der Waals surface area contributed by atoms with Crippen molar-refractivity contribution in [3.63, 3.8) is 0 Å². The van der Waals surface area contributed by atoms with E-state index in [2.05, 4.69) is 77.4 Å². The molecule has 0 fully saturated rings. The van der Waals surface area contributed by atoms with E-state index in [1.54, 1.807) is 23.1 Å². The molecular formula is C19H17N3S2. The van der Waals surface area contributed by atoms with Gasteiger partial charge in [-0.15, -0.1) is 11.3 Å². The minimum Gasteiger partial charge on any atom is -0.307 e. The third-order valence-electron chi connectivity index (χ3n) is 3.82. The topological polar surface area (TPSA) is 30.2 Å². The lowest BCUT2D eigenvalue weighted by Gasteiger charge is -1.97. The lowest BCUT2D eigenvalue weighted by Crippen LogP contribution is -1.82. The van der Waals surface area contributed by atoms with Gasteiger partial charge in [0.1, 0.15) is 5.65 Å². The Balaban J connectivity index is 1.48. The summed E-state index contributed by atoms with van der Waals surface area (Å²) in [6.07, 6.45) is 4.21. The first-order valence-corrected chi connectivity index (χ1v) is 9.63. The summed E-state index contributed by atoms with van der Waals surface area (Å²) in [6.45, 7) is 4.19. The molecular weight excluding hydrogens is 334 g/mol. The molecule has 4 rings (SSSR count). The summed E-state index contributed by atoms with van der Waals surface area (Å²) in [5.41, 5.74) is 6.81. The van der Waals surface area contributed by atoms with Crippen LogP contribution in [0.25, 0.3) is 16.9 Å². The molecule has 0 aliphatic carbocycles. The fourth-order valence-corrected chi connectivity index (χ4v) is 4.26. The molecule has 0 aliphatic heterocycles. The summed E-state index contributed by atoms with van der Waals surface area (Å²) in [5, 5.41) is 2.13. The van der Waals surface area contributed by atoms with Crippen LogP contribution in [-0.4, -0.2) is 14.4 Å². The van der Waals surface area contributed by atoms with Crippen LogP contribution in [0.5, 0.6) is 0 Å². The van der Waals surface area contributed by atoms with Crippen LogP contribution in [0, 0.1) is 13.8 Å². The van der Waals surface area contributed by atoms with Crippen molar-refractivity contribution in [1.82, 2.24) is 14.4 Å². The quantitative estimate of drug-likeness (QED) is 0.463. The lowest BCUT2D eigenvalue weighted by molar-refractivity contribution is 1.15. The molecule has 24 heavy (non-hydrogen) atoms. The molecule has 0 bridgehead atoms. The Labute approximate surface area is 149 Å².